The third-order valence-corrected chi connectivity index (χ3v) is 4.72. The Morgan fingerprint density at radius 2 is 2.11 bits per heavy atom. The molecule has 0 saturated carbocycles. The lowest BCUT2D eigenvalue weighted by Gasteiger charge is -2.33. The van der Waals surface area contributed by atoms with Crippen molar-refractivity contribution in [1.82, 2.24) is 10.3 Å². The molecule has 0 bridgehead atoms. The summed E-state index contributed by atoms with van der Waals surface area (Å²) in [5.74, 6) is -0.423. The van der Waals surface area contributed by atoms with E-state index in [4.69, 9.17) is 21.6 Å². The average molecular weight is 386 g/mol. The first-order valence-corrected chi connectivity index (χ1v) is 8.95. The molecule has 1 aliphatic heterocycles. The summed E-state index contributed by atoms with van der Waals surface area (Å²) in [5.41, 5.74) is 13.1. The second kappa shape index (κ2) is 8.55. The minimum Gasteiger partial charge on any atom is -0.444 e. The molecule has 0 aliphatic carbocycles. The first kappa shape index (κ1) is 19.4. The Balaban J connectivity index is 1.63. The number of carbonyl (C=O) groups excluding carboxylic acids is 1. The van der Waals surface area contributed by atoms with Gasteiger partial charge >= 0.3 is 6.09 Å². The number of pyridine rings is 1. The van der Waals surface area contributed by atoms with E-state index in [0.29, 0.717) is 19.0 Å². The topological polar surface area (TPSA) is 130 Å². The summed E-state index contributed by atoms with van der Waals surface area (Å²) in [6, 6.07) is 9.33. The van der Waals surface area contributed by atoms with Crippen molar-refractivity contribution in [1.29, 1.82) is 5.41 Å². The van der Waals surface area contributed by atoms with Crippen LogP contribution in [-0.2, 0) is 11.3 Å². The number of benzene rings is 1. The van der Waals surface area contributed by atoms with E-state index in [2.05, 4.69) is 11.1 Å². The zero-order valence-electron chi connectivity index (χ0n) is 15.3. The normalized spacial score (nSPS) is 14.5. The lowest BCUT2D eigenvalue weighted by Crippen LogP contribution is -2.36. The predicted octanol–water partition coefficient (Wildman–Crippen LogP) is 2.31. The van der Waals surface area contributed by atoms with E-state index < -0.39 is 17.9 Å². The Morgan fingerprint density at radius 3 is 2.79 bits per heavy atom. The van der Waals surface area contributed by atoms with E-state index in [-0.39, 0.29) is 18.0 Å². The number of nitrogen functional groups attached to an aromatic ring is 1. The molecule has 0 atom stereocenters. The largest absolute Gasteiger partial charge is 0.444 e. The van der Waals surface area contributed by atoms with E-state index in [1.807, 2.05) is 28.4 Å². The first-order chi connectivity index (χ1) is 13.4. The molecule has 0 unspecified atom stereocenters. The fourth-order valence-corrected chi connectivity index (χ4v) is 3.33. The van der Waals surface area contributed by atoms with Crippen LogP contribution in [-0.4, -0.2) is 30.1 Å². The number of rotatable bonds is 4. The third kappa shape index (κ3) is 4.67. The van der Waals surface area contributed by atoms with Crippen LogP contribution in [0.3, 0.4) is 0 Å². The van der Waals surface area contributed by atoms with Crippen LogP contribution < -0.4 is 21.7 Å². The van der Waals surface area contributed by atoms with Gasteiger partial charge in [0.2, 0.25) is 0 Å². The standard InChI is InChI=1S/C19H23FN6O2/c20-16-14(11-28-19(27)25-18(22)23)4-7-24-17(16)26-8-5-12(6-9-26)13-2-1-3-15(21)10-13/h1-4,7,10,12H,5-6,8-9,11,21H2,(H4,22,23,25,27). The Kier molecular flexibility index (Phi) is 5.93. The van der Waals surface area contributed by atoms with Gasteiger partial charge in [-0.3, -0.25) is 10.7 Å². The second-order valence-electron chi connectivity index (χ2n) is 6.65. The molecule has 1 aromatic heterocycles. The minimum atomic E-state index is -0.909. The number of ether oxygens (including phenoxy) is 1. The predicted molar refractivity (Wildman–Crippen MR) is 104 cm³/mol. The van der Waals surface area contributed by atoms with Crippen molar-refractivity contribution < 1.29 is 13.9 Å². The van der Waals surface area contributed by atoms with Crippen LogP contribution >= 0.6 is 0 Å². The highest BCUT2D eigenvalue weighted by Crippen LogP contribution is 2.32. The van der Waals surface area contributed by atoms with Gasteiger partial charge in [-0.15, -0.1) is 0 Å². The number of halogens is 1. The Bertz CT molecular complexity index is 867. The monoisotopic (exact) mass is 386 g/mol. The van der Waals surface area contributed by atoms with Crippen molar-refractivity contribution in [3.63, 3.8) is 0 Å². The van der Waals surface area contributed by atoms with Crippen molar-refractivity contribution in [2.75, 3.05) is 23.7 Å². The van der Waals surface area contributed by atoms with E-state index in [9.17, 15) is 9.18 Å². The highest BCUT2D eigenvalue weighted by atomic mass is 19.1. The molecule has 1 saturated heterocycles. The number of guanidine groups is 1. The highest BCUT2D eigenvalue weighted by Gasteiger charge is 2.24. The number of alkyl carbamates (subject to hydrolysis) is 1. The van der Waals surface area contributed by atoms with Gasteiger partial charge in [-0.2, -0.15) is 0 Å². The quantitative estimate of drug-likeness (QED) is 0.362. The van der Waals surface area contributed by atoms with Gasteiger partial charge < -0.3 is 21.1 Å². The van der Waals surface area contributed by atoms with Gasteiger partial charge in [-0.05, 0) is 42.5 Å². The Morgan fingerprint density at radius 1 is 1.36 bits per heavy atom. The van der Waals surface area contributed by atoms with Gasteiger partial charge in [0.1, 0.15) is 6.61 Å². The molecule has 1 aromatic carbocycles. The van der Waals surface area contributed by atoms with Gasteiger partial charge in [0.05, 0.1) is 0 Å². The summed E-state index contributed by atoms with van der Waals surface area (Å²) in [7, 11) is 0. The molecule has 8 nitrogen and oxygen atoms in total. The molecular formula is C19H23FN6O2. The SMILES string of the molecule is N=C(N)NC(=O)OCc1ccnc(N2CCC(c3cccc(N)c3)CC2)c1F. The molecule has 2 heterocycles. The molecule has 1 amide bonds. The molecule has 2 aromatic rings. The van der Waals surface area contributed by atoms with Crippen LogP contribution in [0.25, 0.3) is 0 Å². The van der Waals surface area contributed by atoms with Gasteiger partial charge in [0.25, 0.3) is 0 Å². The van der Waals surface area contributed by atoms with Crippen molar-refractivity contribution in [3.05, 3.63) is 53.5 Å². The van der Waals surface area contributed by atoms with Gasteiger partial charge in [0.15, 0.2) is 17.6 Å². The van der Waals surface area contributed by atoms with Gasteiger partial charge in [0, 0.05) is 30.5 Å². The summed E-state index contributed by atoms with van der Waals surface area (Å²) in [4.78, 5) is 17.5. The number of hydrogen-bond donors (Lipinski definition) is 4. The number of piperidine rings is 1. The maximum absolute atomic E-state index is 14.8. The summed E-state index contributed by atoms with van der Waals surface area (Å²) in [6.45, 7) is 1.05. The van der Waals surface area contributed by atoms with Crippen molar-refractivity contribution in [2.45, 2.75) is 25.4 Å². The molecule has 3 rings (SSSR count). The number of hydrogen-bond acceptors (Lipinski definition) is 6. The van der Waals surface area contributed by atoms with E-state index >= 15 is 0 Å². The number of carbonyl (C=O) groups is 1. The fourth-order valence-electron chi connectivity index (χ4n) is 3.33. The zero-order valence-corrected chi connectivity index (χ0v) is 15.3. The minimum absolute atomic E-state index is 0.210. The lowest BCUT2D eigenvalue weighted by molar-refractivity contribution is 0.143. The van der Waals surface area contributed by atoms with Crippen LogP contribution in [0.5, 0.6) is 0 Å². The second-order valence-corrected chi connectivity index (χ2v) is 6.65. The van der Waals surface area contributed by atoms with Crippen LogP contribution in [0.2, 0.25) is 0 Å². The van der Waals surface area contributed by atoms with Crippen molar-refractivity contribution in [2.24, 2.45) is 5.73 Å². The van der Waals surface area contributed by atoms with Crippen LogP contribution in [0.1, 0.15) is 29.9 Å². The van der Waals surface area contributed by atoms with Crippen LogP contribution in [0, 0.1) is 11.2 Å². The van der Waals surface area contributed by atoms with E-state index in [1.54, 1.807) is 0 Å². The summed E-state index contributed by atoms with van der Waals surface area (Å²) >= 11 is 0. The highest BCUT2D eigenvalue weighted by molar-refractivity contribution is 5.90. The Hall–Kier alpha value is -3.36. The molecule has 6 N–H and O–H groups in total. The average Bonchev–Trinajstić information content (AvgIpc) is 2.67. The summed E-state index contributed by atoms with van der Waals surface area (Å²) in [5, 5.41) is 8.95. The number of nitrogens with one attached hydrogen (secondary N) is 2. The maximum Gasteiger partial charge on any atom is 0.414 e. The number of nitrogens with zero attached hydrogens (tertiary/aromatic N) is 2. The molecule has 148 valence electrons. The van der Waals surface area contributed by atoms with Crippen LogP contribution in [0.15, 0.2) is 36.5 Å². The van der Waals surface area contributed by atoms with E-state index in [0.717, 1.165) is 18.5 Å². The smallest absolute Gasteiger partial charge is 0.414 e. The molecule has 9 heteroatoms. The van der Waals surface area contributed by atoms with Crippen molar-refractivity contribution in [3.8, 4) is 0 Å². The molecule has 0 spiro atoms. The molecule has 1 aliphatic rings. The van der Waals surface area contributed by atoms with Gasteiger partial charge in [-0.1, -0.05) is 12.1 Å². The number of aromatic nitrogens is 1. The number of anilines is 2. The molecule has 28 heavy (non-hydrogen) atoms. The number of amides is 1. The van der Waals surface area contributed by atoms with Gasteiger partial charge in [-0.25, -0.2) is 14.2 Å². The molecule has 0 radical (unpaired) electrons. The summed E-state index contributed by atoms with van der Waals surface area (Å²) in [6.07, 6.45) is 2.32. The van der Waals surface area contributed by atoms with Crippen molar-refractivity contribution >= 4 is 23.6 Å². The Labute approximate surface area is 162 Å². The molecule has 1 fully saturated rings. The molecular weight excluding hydrogens is 363 g/mol. The third-order valence-electron chi connectivity index (χ3n) is 4.72. The fraction of sp³-hybridized carbons (Fsp3) is 0.316. The maximum atomic E-state index is 14.8. The summed E-state index contributed by atoms with van der Waals surface area (Å²) < 4.78 is 19.7. The number of nitrogens with two attached hydrogens (primary N) is 2. The van der Waals surface area contributed by atoms with Crippen LogP contribution in [0.4, 0.5) is 20.7 Å². The first-order valence-electron chi connectivity index (χ1n) is 8.95. The van der Waals surface area contributed by atoms with E-state index in [1.165, 1.54) is 17.8 Å². The lowest BCUT2D eigenvalue weighted by atomic mass is 9.89. The zero-order chi connectivity index (χ0) is 20.1.